The van der Waals surface area contributed by atoms with E-state index in [9.17, 15) is 4.39 Å². The van der Waals surface area contributed by atoms with E-state index >= 15 is 0 Å². The SMILES string of the molecule is Fc1cc[nH]c(=S)c1Cl. The molecule has 4 heteroatoms. The lowest BCUT2D eigenvalue weighted by Gasteiger charge is -1.89. The molecule has 0 amide bonds. The zero-order valence-corrected chi connectivity index (χ0v) is 5.89. The van der Waals surface area contributed by atoms with Gasteiger partial charge >= 0.3 is 0 Å². The summed E-state index contributed by atoms with van der Waals surface area (Å²) in [5.74, 6) is -0.486. The van der Waals surface area contributed by atoms with Gasteiger partial charge in [-0.05, 0) is 6.07 Å². The van der Waals surface area contributed by atoms with Gasteiger partial charge in [0.2, 0.25) is 0 Å². The molecule has 1 heterocycles. The monoisotopic (exact) mass is 163 g/mol. The summed E-state index contributed by atoms with van der Waals surface area (Å²) in [4.78, 5) is 2.58. The summed E-state index contributed by atoms with van der Waals surface area (Å²) in [5.41, 5.74) is 0. The van der Waals surface area contributed by atoms with Gasteiger partial charge in [-0.1, -0.05) is 23.8 Å². The molecule has 0 saturated heterocycles. The molecule has 0 bridgehead atoms. The summed E-state index contributed by atoms with van der Waals surface area (Å²) in [6, 6.07) is 1.22. The Morgan fingerprint density at radius 2 is 2.33 bits per heavy atom. The molecule has 0 radical (unpaired) electrons. The van der Waals surface area contributed by atoms with Crippen molar-refractivity contribution in [2.75, 3.05) is 0 Å². The highest BCUT2D eigenvalue weighted by atomic mass is 35.5. The average molecular weight is 164 g/mol. The van der Waals surface area contributed by atoms with Gasteiger partial charge in [0.15, 0.2) is 0 Å². The second-order valence-electron chi connectivity index (χ2n) is 1.47. The third-order valence-electron chi connectivity index (χ3n) is 0.853. The van der Waals surface area contributed by atoms with Crippen LogP contribution in [0.4, 0.5) is 4.39 Å². The van der Waals surface area contributed by atoms with Gasteiger partial charge in [-0.15, -0.1) is 0 Å². The van der Waals surface area contributed by atoms with Crippen molar-refractivity contribution in [1.29, 1.82) is 0 Å². The standard InChI is InChI=1S/C5H3ClFNS/c6-4-3(7)1-2-8-5(4)9/h1-2H,(H,8,9). The van der Waals surface area contributed by atoms with Crippen LogP contribution < -0.4 is 0 Å². The van der Waals surface area contributed by atoms with Crippen LogP contribution in [0.1, 0.15) is 0 Å². The van der Waals surface area contributed by atoms with Crippen molar-refractivity contribution in [3.63, 3.8) is 0 Å². The number of pyridine rings is 1. The van der Waals surface area contributed by atoms with Crippen molar-refractivity contribution in [3.05, 3.63) is 27.7 Å². The number of hydrogen-bond donors (Lipinski definition) is 1. The maximum atomic E-state index is 12.4. The van der Waals surface area contributed by atoms with Gasteiger partial charge in [-0.25, -0.2) is 4.39 Å². The predicted octanol–water partition coefficient (Wildman–Crippen LogP) is 2.54. The highest BCUT2D eigenvalue weighted by Gasteiger charge is 1.96. The van der Waals surface area contributed by atoms with E-state index in [4.69, 9.17) is 11.6 Å². The molecule has 0 aliphatic rings. The van der Waals surface area contributed by atoms with Crippen molar-refractivity contribution >= 4 is 23.8 Å². The summed E-state index contributed by atoms with van der Waals surface area (Å²) in [6.45, 7) is 0. The van der Waals surface area contributed by atoms with Crippen LogP contribution in [0, 0.1) is 10.5 Å². The molecule has 1 N–H and O–H groups in total. The van der Waals surface area contributed by atoms with Crippen LogP contribution in [-0.4, -0.2) is 4.98 Å². The van der Waals surface area contributed by atoms with Gasteiger partial charge in [0.05, 0.1) is 0 Å². The Morgan fingerprint density at radius 1 is 1.67 bits per heavy atom. The summed E-state index contributed by atoms with van der Waals surface area (Å²) in [5, 5.41) is -0.0208. The van der Waals surface area contributed by atoms with E-state index in [1.165, 1.54) is 12.3 Å². The van der Waals surface area contributed by atoms with E-state index in [0.29, 0.717) is 0 Å². The molecule has 1 aromatic rings. The van der Waals surface area contributed by atoms with E-state index in [1.807, 2.05) is 0 Å². The third kappa shape index (κ3) is 1.28. The summed E-state index contributed by atoms with van der Waals surface area (Å²) < 4.78 is 12.6. The van der Waals surface area contributed by atoms with E-state index in [-0.39, 0.29) is 9.66 Å². The zero-order valence-electron chi connectivity index (χ0n) is 4.32. The molecular formula is C5H3ClFNS. The second kappa shape index (κ2) is 2.45. The highest BCUT2D eigenvalue weighted by Crippen LogP contribution is 2.12. The van der Waals surface area contributed by atoms with Crippen LogP contribution in [0.5, 0.6) is 0 Å². The molecule has 0 atom stereocenters. The Morgan fingerprint density at radius 3 is 2.78 bits per heavy atom. The average Bonchev–Trinajstić information content (AvgIpc) is 1.83. The minimum absolute atomic E-state index is 0.0208. The smallest absolute Gasteiger partial charge is 0.146 e. The molecule has 0 aliphatic heterocycles. The summed E-state index contributed by atoms with van der Waals surface area (Å²) >= 11 is 9.98. The number of nitrogens with one attached hydrogen (secondary N) is 1. The Kier molecular flexibility index (Phi) is 1.83. The van der Waals surface area contributed by atoms with Crippen molar-refractivity contribution in [3.8, 4) is 0 Å². The van der Waals surface area contributed by atoms with Crippen molar-refractivity contribution in [1.82, 2.24) is 4.98 Å². The molecular weight excluding hydrogens is 161 g/mol. The first-order valence-corrected chi connectivity index (χ1v) is 3.03. The molecule has 0 fully saturated rings. The minimum atomic E-state index is -0.486. The van der Waals surface area contributed by atoms with Gasteiger partial charge in [0.25, 0.3) is 0 Å². The fourth-order valence-corrected chi connectivity index (χ4v) is 0.719. The lowest BCUT2D eigenvalue weighted by molar-refractivity contribution is 0.625. The summed E-state index contributed by atoms with van der Waals surface area (Å²) in [6.07, 6.45) is 1.41. The molecule has 0 unspecified atom stereocenters. The Labute approximate surface area is 61.5 Å². The maximum Gasteiger partial charge on any atom is 0.146 e. The predicted molar refractivity (Wildman–Crippen MR) is 36.6 cm³/mol. The fraction of sp³-hybridized carbons (Fsp3) is 0. The normalized spacial score (nSPS) is 9.56. The number of halogens is 2. The lowest BCUT2D eigenvalue weighted by atomic mass is 10.5. The molecule has 48 valence electrons. The lowest BCUT2D eigenvalue weighted by Crippen LogP contribution is -1.79. The molecule has 1 nitrogen and oxygen atoms in total. The highest BCUT2D eigenvalue weighted by molar-refractivity contribution is 7.71. The van der Waals surface area contributed by atoms with E-state index < -0.39 is 5.82 Å². The molecule has 0 saturated carbocycles. The van der Waals surface area contributed by atoms with Crippen molar-refractivity contribution < 1.29 is 4.39 Å². The molecule has 0 aliphatic carbocycles. The van der Waals surface area contributed by atoms with Crippen LogP contribution in [0.3, 0.4) is 0 Å². The zero-order chi connectivity index (χ0) is 6.85. The van der Waals surface area contributed by atoms with Gasteiger partial charge in [0, 0.05) is 6.20 Å². The molecule has 1 rings (SSSR count). The Balaban J connectivity index is 3.43. The van der Waals surface area contributed by atoms with Gasteiger partial charge < -0.3 is 4.98 Å². The fourth-order valence-electron chi connectivity index (χ4n) is 0.436. The third-order valence-corrected chi connectivity index (χ3v) is 1.66. The van der Waals surface area contributed by atoms with Gasteiger partial charge in [-0.3, -0.25) is 0 Å². The molecule has 9 heavy (non-hydrogen) atoms. The van der Waals surface area contributed by atoms with Crippen molar-refractivity contribution in [2.45, 2.75) is 0 Å². The Bertz CT molecular complexity index is 270. The number of aromatic nitrogens is 1. The number of H-pyrrole nitrogens is 1. The molecule has 0 spiro atoms. The first-order chi connectivity index (χ1) is 4.22. The first-order valence-electron chi connectivity index (χ1n) is 2.24. The van der Waals surface area contributed by atoms with Gasteiger partial charge in [0.1, 0.15) is 15.5 Å². The topological polar surface area (TPSA) is 15.8 Å². The van der Waals surface area contributed by atoms with Crippen LogP contribution in [0.25, 0.3) is 0 Å². The number of aromatic amines is 1. The van der Waals surface area contributed by atoms with Gasteiger partial charge in [-0.2, -0.15) is 0 Å². The number of hydrogen-bond acceptors (Lipinski definition) is 1. The molecule has 0 aromatic carbocycles. The van der Waals surface area contributed by atoms with E-state index in [1.54, 1.807) is 0 Å². The molecule has 1 aromatic heterocycles. The van der Waals surface area contributed by atoms with E-state index in [2.05, 4.69) is 17.2 Å². The maximum absolute atomic E-state index is 12.4. The Hall–Kier alpha value is -0.410. The van der Waals surface area contributed by atoms with Crippen LogP contribution in [-0.2, 0) is 0 Å². The van der Waals surface area contributed by atoms with Crippen LogP contribution in [0.2, 0.25) is 5.02 Å². The van der Waals surface area contributed by atoms with Crippen LogP contribution in [0.15, 0.2) is 12.3 Å². The van der Waals surface area contributed by atoms with Crippen molar-refractivity contribution in [2.24, 2.45) is 0 Å². The number of rotatable bonds is 0. The van der Waals surface area contributed by atoms with Crippen LogP contribution >= 0.6 is 23.8 Å². The largest absolute Gasteiger partial charge is 0.351 e. The second-order valence-corrected chi connectivity index (χ2v) is 2.25. The van der Waals surface area contributed by atoms with E-state index in [0.717, 1.165) is 0 Å². The quantitative estimate of drug-likeness (QED) is 0.582. The summed E-state index contributed by atoms with van der Waals surface area (Å²) in [7, 11) is 0. The minimum Gasteiger partial charge on any atom is -0.351 e. The first kappa shape index (κ1) is 6.71.